The SMILES string of the molecule is CC(C)(C1CCN(C(=O)Nc2ccccc2Cl)CC1)[C@@H](O)c1cc(Cl)cc2cn[nH]c12. The Morgan fingerprint density at radius 1 is 1.26 bits per heavy atom. The lowest BCUT2D eigenvalue weighted by Crippen LogP contribution is -2.45. The minimum Gasteiger partial charge on any atom is -0.388 e. The fraction of sp³-hybridized carbons (Fsp3) is 0.391. The molecule has 2 amide bonds. The number of aliphatic hydroxyl groups excluding tert-OH is 1. The highest BCUT2D eigenvalue weighted by Gasteiger charge is 2.40. The second-order valence-corrected chi connectivity index (χ2v) is 9.57. The molecule has 4 rings (SSSR count). The lowest BCUT2D eigenvalue weighted by atomic mass is 9.68. The standard InChI is InChI=1S/C23H26Cl2N4O2/c1-23(2,21(30)17-12-16(24)11-14-13-26-28-20(14)17)15-7-9-29(10-8-15)22(31)27-19-6-4-3-5-18(19)25/h3-6,11-13,15,21,30H,7-10H2,1-2H3,(H,26,28)(H,27,31)/t21-/m0/s1. The predicted octanol–water partition coefficient (Wildman–Crippen LogP) is 5.87. The fourth-order valence-electron chi connectivity index (χ4n) is 4.47. The van der Waals surface area contributed by atoms with E-state index in [4.69, 9.17) is 23.2 Å². The van der Waals surface area contributed by atoms with Crippen molar-refractivity contribution in [2.45, 2.75) is 32.8 Å². The molecular weight excluding hydrogens is 435 g/mol. The largest absolute Gasteiger partial charge is 0.388 e. The number of anilines is 1. The van der Waals surface area contributed by atoms with E-state index in [1.807, 2.05) is 18.2 Å². The topological polar surface area (TPSA) is 81.2 Å². The Kier molecular flexibility index (Phi) is 6.15. The number of urea groups is 1. The number of carbonyl (C=O) groups is 1. The molecule has 0 spiro atoms. The number of aromatic nitrogens is 2. The molecule has 1 saturated heterocycles. The molecule has 2 heterocycles. The number of H-pyrrole nitrogens is 1. The zero-order valence-electron chi connectivity index (χ0n) is 17.5. The molecule has 0 unspecified atom stereocenters. The van der Waals surface area contributed by atoms with E-state index in [1.54, 1.807) is 29.3 Å². The number of piperidine rings is 1. The molecule has 1 aromatic heterocycles. The Morgan fingerprint density at radius 3 is 2.68 bits per heavy atom. The monoisotopic (exact) mass is 460 g/mol. The van der Waals surface area contributed by atoms with Crippen LogP contribution in [0.15, 0.2) is 42.6 Å². The van der Waals surface area contributed by atoms with Crippen molar-refractivity contribution in [3.8, 4) is 0 Å². The number of hydrogen-bond donors (Lipinski definition) is 3. The van der Waals surface area contributed by atoms with Gasteiger partial charge in [0.2, 0.25) is 0 Å². The summed E-state index contributed by atoms with van der Waals surface area (Å²) in [5.74, 6) is 0.240. The minimum atomic E-state index is -0.720. The van der Waals surface area contributed by atoms with Crippen LogP contribution in [0.3, 0.4) is 0 Å². The summed E-state index contributed by atoms with van der Waals surface area (Å²) in [7, 11) is 0. The van der Waals surface area contributed by atoms with Gasteiger partial charge in [0, 0.05) is 29.1 Å². The number of nitrogens with one attached hydrogen (secondary N) is 2. The fourth-order valence-corrected chi connectivity index (χ4v) is 4.89. The van der Waals surface area contributed by atoms with Crippen molar-refractivity contribution in [3.63, 3.8) is 0 Å². The Hall–Kier alpha value is -2.28. The van der Waals surface area contributed by atoms with Gasteiger partial charge in [0.15, 0.2) is 0 Å². The Morgan fingerprint density at radius 2 is 1.97 bits per heavy atom. The number of amides is 2. The Balaban J connectivity index is 1.44. The number of benzene rings is 2. The number of fused-ring (bicyclic) bond motifs is 1. The molecule has 2 aromatic carbocycles. The van der Waals surface area contributed by atoms with Crippen molar-refractivity contribution >= 4 is 45.8 Å². The molecule has 0 radical (unpaired) electrons. The summed E-state index contributed by atoms with van der Waals surface area (Å²) in [4.78, 5) is 14.5. The van der Waals surface area contributed by atoms with Crippen LogP contribution in [0.5, 0.6) is 0 Å². The molecule has 6 nitrogen and oxygen atoms in total. The molecule has 1 aliphatic heterocycles. The summed E-state index contributed by atoms with van der Waals surface area (Å²) in [6.07, 6.45) is 2.59. The number of nitrogens with zero attached hydrogens (tertiary/aromatic N) is 2. The van der Waals surface area contributed by atoms with Crippen LogP contribution in [0.2, 0.25) is 10.0 Å². The molecule has 0 saturated carbocycles. The number of hydrogen-bond acceptors (Lipinski definition) is 3. The van der Waals surface area contributed by atoms with Gasteiger partial charge in [0.1, 0.15) is 0 Å². The highest BCUT2D eigenvalue weighted by molar-refractivity contribution is 6.33. The second-order valence-electron chi connectivity index (χ2n) is 8.72. The van der Waals surface area contributed by atoms with Crippen molar-refractivity contribution in [2.24, 2.45) is 11.3 Å². The zero-order valence-corrected chi connectivity index (χ0v) is 19.0. The maximum Gasteiger partial charge on any atom is 0.321 e. The first-order valence-corrected chi connectivity index (χ1v) is 11.1. The van der Waals surface area contributed by atoms with E-state index >= 15 is 0 Å². The summed E-state index contributed by atoms with van der Waals surface area (Å²) >= 11 is 12.4. The Labute approximate surface area is 191 Å². The van der Waals surface area contributed by atoms with Crippen molar-refractivity contribution in [1.82, 2.24) is 15.1 Å². The number of halogens is 2. The summed E-state index contributed by atoms with van der Waals surface area (Å²) in [5, 5.41) is 23.3. The normalized spacial score (nSPS) is 16.5. The minimum absolute atomic E-state index is 0.154. The van der Waals surface area contributed by atoms with Crippen molar-refractivity contribution in [3.05, 3.63) is 58.2 Å². The van der Waals surface area contributed by atoms with Crippen LogP contribution in [-0.2, 0) is 0 Å². The molecule has 0 bridgehead atoms. The average molecular weight is 461 g/mol. The van der Waals surface area contributed by atoms with Crippen LogP contribution >= 0.6 is 23.2 Å². The zero-order chi connectivity index (χ0) is 22.2. The predicted molar refractivity (Wildman–Crippen MR) is 125 cm³/mol. The van der Waals surface area contributed by atoms with Gasteiger partial charge in [-0.1, -0.05) is 49.2 Å². The van der Waals surface area contributed by atoms with Gasteiger partial charge in [0.25, 0.3) is 0 Å². The Bertz CT molecular complexity index is 1090. The van der Waals surface area contributed by atoms with Gasteiger partial charge in [-0.25, -0.2) is 4.79 Å². The summed E-state index contributed by atoms with van der Waals surface area (Å²) in [5.41, 5.74) is 1.76. The van der Waals surface area contributed by atoms with E-state index in [-0.39, 0.29) is 11.9 Å². The lowest BCUT2D eigenvalue weighted by Gasteiger charge is -2.43. The third kappa shape index (κ3) is 4.38. The van der Waals surface area contributed by atoms with Gasteiger partial charge < -0.3 is 15.3 Å². The third-order valence-electron chi connectivity index (χ3n) is 6.49. The van der Waals surface area contributed by atoms with Crippen molar-refractivity contribution < 1.29 is 9.90 Å². The summed E-state index contributed by atoms with van der Waals surface area (Å²) in [6, 6.07) is 10.7. The number of rotatable bonds is 4. The van der Waals surface area contributed by atoms with Crippen LogP contribution in [0.1, 0.15) is 38.4 Å². The molecule has 31 heavy (non-hydrogen) atoms. The lowest BCUT2D eigenvalue weighted by molar-refractivity contribution is -0.0138. The first-order chi connectivity index (χ1) is 14.8. The molecule has 3 aromatic rings. The van der Waals surface area contributed by atoms with Gasteiger partial charge in [0.05, 0.1) is 28.5 Å². The molecule has 1 fully saturated rings. The molecule has 1 aliphatic rings. The first-order valence-electron chi connectivity index (χ1n) is 10.4. The van der Waals surface area contributed by atoms with E-state index in [0.29, 0.717) is 28.8 Å². The second kappa shape index (κ2) is 8.69. The van der Waals surface area contributed by atoms with Crippen LogP contribution in [0, 0.1) is 11.3 Å². The quantitative estimate of drug-likeness (QED) is 0.454. The number of para-hydroxylation sites is 1. The first kappa shape index (κ1) is 21.9. The van der Waals surface area contributed by atoms with Gasteiger partial charge in [-0.15, -0.1) is 0 Å². The van der Waals surface area contributed by atoms with Crippen LogP contribution in [-0.4, -0.2) is 39.3 Å². The number of carbonyl (C=O) groups excluding carboxylic acids is 1. The van der Waals surface area contributed by atoms with Gasteiger partial charge in [-0.2, -0.15) is 5.10 Å². The number of aliphatic hydroxyl groups is 1. The van der Waals surface area contributed by atoms with E-state index in [2.05, 4.69) is 29.4 Å². The average Bonchev–Trinajstić information content (AvgIpc) is 3.22. The van der Waals surface area contributed by atoms with Crippen LogP contribution in [0.25, 0.3) is 10.9 Å². The highest BCUT2D eigenvalue weighted by Crippen LogP contribution is 2.46. The van der Waals surface area contributed by atoms with Crippen molar-refractivity contribution in [1.29, 1.82) is 0 Å². The molecule has 3 N–H and O–H groups in total. The summed E-state index contributed by atoms with van der Waals surface area (Å²) in [6.45, 7) is 5.38. The molecular formula is C23H26Cl2N4O2. The van der Waals surface area contributed by atoms with E-state index in [9.17, 15) is 9.90 Å². The van der Waals surface area contributed by atoms with Crippen LogP contribution < -0.4 is 5.32 Å². The van der Waals surface area contributed by atoms with Crippen molar-refractivity contribution in [2.75, 3.05) is 18.4 Å². The van der Waals surface area contributed by atoms with E-state index in [1.165, 1.54) is 0 Å². The van der Waals surface area contributed by atoms with Crippen LogP contribution in [0.4, 0.5) is 10.5 Å². The smallest absolute Gasteiger partial charge is 0.321 e. The van der Waals surface area contributed by atoms with E-state index in [0.717, 1.165) is 29.3 Å². The maximum atomic E-state index is 12.7. The third-order valence-corrected chi connectivity index (χ3v) is 7.04. The number of aromatic amines is 1. The molecule has 0 aliphatic carbocycles. The summed E-state index contributed by atoms with van der Waals surface area (Å²) < 4.78 is 0. The van der Waals surface area contributed by atoms with Gasteiger partial charge in [-0.05, 0) is 48.4 Å². The van der Waals surface area contributed by atoms with Gasteiger partial charge in [-0.3, -0.25) is 5.10 Å². The highest BCUT2D eigenvalue weighted by atomic mass is 35.5. The van der Waals surface area contributed by atoms with E-state index < -0.39 is 11.5 Å². The number of likely N-dealkylation sites (tertiary alicyclic amines) is 1. The molecule has 8 heteroatoms. The van der Waals surface area contributed by atoms with Gasteiger partial charge >= 0.3 is 6.03 Å². The maximum absolute atomic E-state index is 12.7. The molecule has 1 atom stereocenters. The molecule has 164 valence electrons.